The summed E-state index contributed by atoms with van der Waals surface area (Å²) in [5.41, 5.74) is 5.59. The minimum absolute atomic E-state index is 0.180. The van der Waals surface area contributed by atoms with Crippen LogP contribution in [-0.4, -0.2) is 53.0 Å². The predicted molar refractivity (Wildman–Crippen MR) is 111 cm³/mol. The van der Waals surface area contributed by atoms with Crippen LogP contribution >= 0.6 is 0 Å². The molecule has 6 N–H and O–H groups in total. The maximum atomic E-state index is 12.9. The lowest BCUT2D eigenvalue weighted by Crippen LogP contribution is -2.60. The summed E-state index contributed by atoms with van der Waals surface area (Å²) in [7, 11) is 0. The molecule has 6 atom stereocenters. The Morgan fingerprint density at radius 2 is 1.07 bits per heavy atom. The molecule has 0 aromatic rings. The Bertz CT molecular complexity index is 579. The number of amides is 3. The fraction of sp³-hybridized carbons (Fsp3) is 0.800. The zero-order valence-corrected chi connectivity index (χ0v) is 18.6. The Labute approximate surface area is 173 Å². The quantitative estimate of drug-likeness (QED) is 0.316. The standard InChI is InChI=1S/C20H38N4O5/c1-8-11(5)15(23-17(25)13(7)21)19(27)24-16(12(6)9-2)18(26)22-14(10(3)4)20(28)29/h10-16H,8-9,21H2,1-7H3,(H,22,26)(H,23,25)(H,24,27)(H,28,29). The number of nitrogens with one attached hydrogen (secondary N) is 3. The van der Waals surface area contributed by atoms with Gasteiger partial charge < -0.3 is 26.8 Å². The van der Waals surface area contributed by atoms with E-state index in [1.165, 1.54) is 6.92 Å². The van der Waals surface area contributed by atoms with Crippen molar-refractivity contribution in [1.29, 1.82) is 0 Å². The summed E-state index contributed by atoms with van der Waals surface area (Å²) in [6.45, 7) is 12.3. The van der Waals surface area contributed by atoms with Gasteiger partial charge in [0.25, 0.3) is 0 Å². The van der Waals surface area contributed by atoms with Crippen LogP contribution in [0.15, 0.2) is 0 Å². The van der Waals surface area contributed by atoms with Crippen molar-refractivity contribution in [3.8, 4) is 0 Å². The van der Waals surface area contributed by atoms with Gasteiger partial charge in [0.2, 0.25) is 17.7 Å². The van der Waals surface area contributed by atoms with Crippen LogP contribution in [0, 0.1) is 17.8 Å². The number of carbonyl (C=O) groups excluding carboxylic acids is 3. The monoisotopic (exact) mass is 414 g/mol. The van der Waals surface area contributed by atoms with E-state index in [-0.39, 0.29) is 17.8 Å². The molecule has 9 heteroatoms. The Kier molecular flexibility index (Phi) is 11.5. The first-order chi connectivity index (χ1) is 13.4. The Morgan fingerprint density at radius 3 is 1.34 bits per heavy atom. The van der Waals surface area contributed by atoms with E-state index in [2.05, 4.69) is 16.0 Å². The highest BCUT2D eigenvalue weighted by Gasteiger charge is 2.34. The molecule has 0 saturated heterocycles. The van der Waals surface area contributed by atoms with Gasteiger partial charge in [0.1, 0.15) is 18.1 Å². The largest absolute Gasteiger partial charge is 0.480 e. The maximum Gasteiger partial charge on any atom is 0.326 e. The van der Waals surface area contributed by atoms with Crippen LogP contribution in [0.5, 0.6) is 0 Å². The van der Waals surface area contributed by atoms with Crippen LogP contribution < -0.4 is 21.7 Å². The highest BCUT2D eigenvalue weighted by Crippen LogP contribution is 2.13. The number of carboxylic acid groups (broad SMARTS) is 1. The summed E-state index contributed by atoms with van der Waals surface area (Å²) >= 11 is 0. The molecule has 0 radical (unpaired) electrons. The lowest BCUT2D eigenvalue weighted by Gasteiger charge is -2.30. The smallest absolute Gasteiger partial charge is 0.326 e. The van der Waals surface area contributed by atoms with Gasteiger partial charge in [0, 0.05) is 0 Å². The van der Waals surface area contributed by atoms with Gasteiger partial charge in [-0.1, -0.05) is 54.4 Å². The lowest BCUT2D eigenvalue weighted by molar-refractivity contribution is -0.144. The first kappa shape index (κ1) is 26.8. The Morgan fingerprint density at radius 1 is 0.724 bits per heavy atom. The highest BCUT2D eigenvalue weighted by atomic mass is 16.4. The summed E-state index contributed by atoms with van der Waals surface area (Å²) in [6, 6.07) is -3.61. The third-order valence-electron chi connectivity index (χ3n) is 5.23. The molecule has 3 amide bonds. The predicted octanol–water partition coefficient (Wildman–Crippen LogP) is 0.621. The van der Waals surface area contributed by atoms with Crippen LogP contribution in [0.3, 0.4) is 0 Å². The van der Waals surface area contributed by atoms with E-state index in [0.29, 0.717) is 12.8 Å². The second-order valence-electron chi connectivity index (χ2n) is 8.10. The first-order valence-corrected chi connectivity index (χ1v) is 10.3. The summed E-state index contributed by atoms with van der Waals surface area (Å²) in [5, 5.41) is 17.2. The molecule has 0 spiro atoms. The van der Waals surface area contributed by atoms with Crippen molar-refractivity contribution in [2.24, 2.45) is 23.5 Å². The molecule has 0 bridgehead atoms. The highest BCUT2D eigenvalue weighted by molar-refractivity contribution is 5.94. The molecule has 9 nitrogen and oxygen atoms in total. The van der Waals surface area contributed by atoms with Crippen LogP contribution in [0.25, 0.3) is 0 Å². The molecule has 0 fully saturated rings. The zero-order valence-electron chi connectivity index (χ0n) is 18.6. The molecule has 0 aliphatic heterocycles. The first-order valence-electron chi connectivity index (χ1n) is 10.3. The molecule has 0 rings (SSSR count). The van der Waals surface area contributed by atoms with Crippen molar-refractivity contribution in [3.63, 3.8) is 0 Å². The fourth-order valence-electron chi connectivity index (χ4n) is 2.69. The number of rotatable bonds is 12. The molecule has 0 aromatic carbocycles. The summed E-state index contributed by atoms with van der Waals surface area (Å²) in [5.74, 6) is -3.38. The molecular formula is C20H38N4O5. The van der Waals surface area contributed by atoms with E-state index in [9.17, 15) is 24.3 Å². The molecule has 29 heavy (non-hydrogen) atoms. The minimum Gasteiger partial charge on any atom is -0.480 e. The van der Waals surface area contributed by atoms with Crippen molar-refractivity contribution in [2.75, 3.05) is 0 Å². The van der Waals surface area contributed by atoms with Gasteiger partial charge >= 0.3 is 5.97 Å². The third-order valence-corrected chi connectivity index (χ3v) is 5.23. The van der Waals surface area contributed by atoms with Gasteiger partial charge in [-0.2, -0.15) is 0 Å². The third kappa shape index (κ3) is 8.39. The van der Waals surface area contributed by atoms with Crippen molar-refractivity contribution >= 4 is 23.7 Å². The summed E-state index contributed by atoms with van der Waals surface area (Å²) in [4.78, 5) is 49.2. The number of nitrogens with two attached hydrogens (primary N) is 1. The minimum atomic E-state index is -1.13. The normalized spacial score (nSPS) is 17.4. The molecule has 0 aliphatic rings. The van der Waals surface area contributed by atoms with Crippen molar-refractivity contribution < 1.29 is 24.3 Å². The van der Waals surface area contributed by atoms with E-state index < -0.39 is 47.9 Å². The molecular weight excluding hydrogens is 376 g/mol. The Balaban J connectivity index is 5.55. The molecule has 0 aromatic heterocycles. The van der Waals surface area contributed by atoms with Crippen molar-refractivity contribution in [3.05, 3.63) is 0 Å². The van der Waals surface area contributed by atoms with Gasteiger partial charge in [0.15, 0.2) is 0 Å². The maximum absolute atomic E-state index is 12.9. The fourth-order valence-corrected chi connectivity index (χ4v) is 2.69. The van der Waals surface area contributed by atoms with Crippen LogP contribution in [0.1, 0.15) is 61.3 Å². The van der Waals surface area contributed by atoms with Gasteiger partial charge in [-0.15, -0.1) is 0 Å². The molecule has 6 unspecified atom stereocenters. The van der Waals surface area contributed by atoms with E-state index in [4.69, 9.17) is 5.73 Å². The zero-order chi connectivity index (χ0) is 22.9. The topological polar surface area (TPSA) is 151 Å². The van der Waals surface area contributed by atoms with E-state index in [1.54, 1.807) is 20.8 Å². The number of carbonyl (C=O) groups is 4. The van der Waals surface area contributed by atoms with Gasteiger partial charge in [0.05, 0.1) is 6.04 Å². The SMILES string of the molecule is CCC(C)C(NC(=O)C(C)N)C(=O)NC(C(=O)NC(C(=O)O)C(C)C)C(C)CC. The van der Waals surface area contributed by atoms with E-state index >= 15 is 0 Å². The van der Waals surface area contributed by atoms with Gasteiger partial charge in [-0.05, 0) is 24.7 Å². The summed E-state index contributed by atoms with van der Waals surface area (Å²) in [6.07, 6.45) is 1.23. The average Bonchev–Trinajstić information content (AvgIpc) is 2.65. The van der Waals surface area contributed by atoms with Crippen molar-refractivity contribution in [1.82, 2.24) is 16.0 Å². The molecule has 168 valence electrons. The Hall–Kier alpha value is -2.16. The van der Waals surface area contributed by atoms with Crippen LogP contribution in [0.4, 0.5) is 0 Å². The van der Waals surface area contributed by atoms with E-state index in [1.807, 2.05) is 20.8 Å². The lowest BCUT2D eigenvalue weighted by atomic mass is 9.94. The number of hydrogen-bond donors (Lipinski definition) is 5. The van der Waals surface area contributed by atoms with Gasteiger partial charge in [-0.3, -0.25) is 14.4 Å². The number of carboxylic acids is 1. The van der Waals surface area contributed by atoms with E-state index in [0.717, 1.165) is 0 Å². The molecule has 0 saturated carbocycles. The van der Waals surface area contributed by atoms with Crippen LogP contribution in [0.2, 0.25) is 0 Å². The second kappa shape index (κ2) is 12.4. The number of aliphatic carboxylic acids is 1. The van der Waals surface area contributed by atoms with Crippen LogP contribution in [-0.2, 0) is 19.2 Å². The van der Waals surface area contributed by atoms with Crippen molar-refractivity contribution in [2.45, 2.75) is 85.5 Å². The molecule has 0 heterocycles. The number of hydrogen-bond acceptors (Lipinski definition) is 5. The second-order valence-corrected chi connectivity index (χ2v) is 8.10. The van der Waals surface area contributed by atoms with Gasteiger partial charge in [-0.25, -0.2) is 4.79 Å². The molecule has 0 aliphatic carbocycles. The summed E-state index contributed by atoms with van der Waals surface area (Å²) < 4.78 is 0. The average molecular weight is 415 g/mol.